The third-order valence-electron chi connectivity index (χ3n) is 2.18. The van der Waals surface area contributed by atoms with Gasteiger partial charge in [-0.15, -0.1) is 0 Å². The second-order valence-corrected chi connectivity index (χ2v) is 4.23. The molecule has 0 saturated carbocycles. The van der Waals surface area contributed by atoms with E-state index >= 15 is 0 Å². The molecule has 4 heteroatoms. The Kier molecular flexibility index (Phi) is 6.49. The van der Waals surface area contributed by atoms with Gasteiger partial charge in [-0.25, -0.2) is 0 Å². The van der Waals surface area contributed by atoms with Gasteiger partial charge in [-0.1, -0.05) is 13.8 Å². The molecule has 2 atom stereocenters. The average Bonchev–Trinajstić information content (AvgIpc) is 2.10. The zero-order valence-corrected chi connectivity index (χ0v) is 9.29. The predicted molar refractivity (Wildman–Crippen MR) is 57.1 cm³/mol. The zero-order chi connectivity index (χ0) is 11.1. The fourth-order valence-corrected chi connectivity index (χ4v) is 1.10. The van der Waals surface area contributed by atoms with Crippen LogP contribution in [0.5, 0.6) is 0 Å². The molecule has 0 fully saturated rings. The molecule has 0 rings (SSSR count). The molecule has 0 radical (unpaired) electrons. The number of rotatable bonds is 7. The molecule has 0 aliphatic rings. The molecular formula is C10H22N2O2. The maximum absolute atomic E-state index is 10.4. The highest BCUT2D eigenvalue weighted by molar-refractivity contribution is 5.73. The highest BCUT2D eigenvalue weighted by Crippen LogP contribution is 2.05. The molecule has 0 bridgehead atoms. The van der Waals surface area contributed by atoms with Crippen molar-refractivity contribution in [3.63, 3.8) is 0 Å². The van der Waals surface area contributed by atoms with Crippen molar-refractivity contribution in [2.45, 2.75) is 45.7 Å². The summed E-state index contributed by atoms with van der Waals surface area (Å²) in [5, 5.41) is 11.7. The Labute approximate surface area is 85.9 Å². The van der Waals surface area contributed by atoms with Crippen LogP contribution in [0, 0.1) is 5.92 Å². The van der Waals surface area contributed by atoms with Crippen LogP contribution >= 0.6 is 0 Å². The van der Waals surface area contributed by atoms with Crippen molar-refractivity contribution in [3.05, 3.63) is 0 Å². The lowest BCUT2D eigenvalue weighted by Crippen LogP contribution is -2.43. The molecule has 0 aromatic heterocycles. The van der Waals surface area contributed by atoms with Crippen LogP contribution in [0.25, 0.3) is 0 Å². The normalized spacial score (nSPS) is 15.5. The Morgan fingerprint density at radius 1 is 1.36 bits per heavy atom. The molecule has 0 saturated heterocycles. The Balaban J connectivity index is 3.53. The topological polar surface area (TPSA) is 75.3 Å². The quantitative estimate of drug-likeness (QED) is 0.571. The van der Waals surface area contributed by atoms with E-state index in [9.17, 15) is 4.79 Å². The van der Waals surface area contributed by atoms with E-state index in [4.69, 9.17) is 10.8 Å². The predicted octanol–water partition coefficient (Wildman–Crippen LogP) is 0.813. The lowest BCUT2D eigenvalue weighted by molar-refractivity contribution is -0.138. The van der Waals surface area contributed by atoms with Gasteiger partial charge in [0, 0.05) is 12.6 Å². The fraction of sp³-hybridized carbons (Fsp3) is 0.900. The summed E-state index contributed by atoms with van der Waals surface area (Å²) in [6, 6.07) is -0.459. The Morgan fingerprint density at radius 3 is 2.36 bits per heavy atom. The van der Waals surface area contributed by atoms with Crippen molar-refractivity contribution in [3.8, 4) is 0 Å². The van der Waals surface area contributed by atoms with Gasteiger partial charge in [0.05, 0.1) is 0 Å². The van der Waals surface area contributed by atoms with Crippen molar-refractivity contribution in [1.29, 1.82) is 0 Å². The van der Waals surface area contributed by atoms with Gasteiger partial charge < -0.3 is 16.2 Å². The smallest absolute Gasteiger partial charge is 0.321 e. The third-order valence-corrected chi connectivity index (χ3v) is 2.18. The second kappa shape index (κ2) is 6.79. The lowest BCUT2D eigenvalue weighted by Gasteiger charge is -2.16. The van der Waals surface area contributed by atoms with Crippen molar-refractivity contribution < 1.29 is 9.90 Å². The number of hydrogen-bond acceptors (Lipinski definition) is 3. The fourth-order valence-electron chi connectivity index (χ4n) is 1.10. The van der Waals surface area contributed by atoms with Crippen LogP contribution in [-0.2, 0) is 4.79 Å². The molecule has 4 N–H and O–H groups in total. The van der Waals surface area contributed by atoms with E-state index in [1.54, 1.807) is 0 Å². The largest absolute Gasteiger partial charge is 0.480 e. The first-order valence-electron chi connectivity index (χ1n) is 5.15. The second-order valence-electron chi connectivity index (χ2n) is 4.23. The molecule has 0 amide bonds. The van der Waals surface area contributed by atoms with Crippen molar-refractivity contribution in [2.24, 2.45) is 11.7 Å². The van der Waals surface area contributed by atoms with Crippen LogP contribution in [-0.4, -0.2) is 29.7 Å². The van der Waals surface area contributed by atoms with Crippen LogP contribution < -0.4 is 11.1 Å². The molecule has 0 aliphatic heterocycles. The van der Waals surface area contributed by atoms with E-state index in [1.165, 1.54) is 0 Å². The molecule has 0 heterocycles. The van der Waals surface area contributed by atoms with Gasteiger partial charge in [0.1, 0.15) is 6.04 Å². The minimum absolute atomic E-state index is 0.336. The van der Waals surface area contributed by atoms with Crippen LogP contribution in [0.1, 0.15) is 33.6 Å². The minimum atomic E-state index is -0.950. The number of carboxylic acid groups (broad SMARTS) is 1. The highest BCUT2D eigenvalue weighted by Gasteiger charge is 2.12. The highest BCUT2D eigenvalue weighted by atomic mass is 16.4. The zero-order valence-electron chi connectivity index (χ0n) is 9.29. The van der Waals surface area contributed by atoms with E-state index in [2.05, 4.69) is 26.1 Å². The summed E-state index contributed by atoms with van der Waals surface area (Å²) >= 11 is 0. The van der Waals surface area contributed by atoms with Crippen LogP contribution in [0.4, 0.5) is 0 Å². The van der Waals surface area contributed by atoms with Crippen LogP contribution in [0.3, 0.4) is 0 Å². The van der Waals surface area contributed by atoms with E-state index in [0.29, 0.717) is 18.5 Å². The maximum Gasteiger partial charge on any atom is 0.321 e. The molecule has 2 unspecified atom stereocenters. The molecular weight excluding hydrogens is 180 g/mol. The first kappa shape index (κ1) is 13.4. The third kappa shape index (κ3) is 6.86. The summed E-state index contributed by atoms with van der Waals surface area (Å²) in [6.07, 6.45) is 2.21. The Bertz CT molecular complexity index is 172. The Hall–Kier alpha value is -0.610. The summed E-state index contributed by atoms with van der Waals surface area (Å²) in [5.74, 6) is -0.263. The van der Waals surface area contributed by atoms with E-state index in [-0.39, 0.29) is 0 Å². The van der Waals surface area contributed by atoms with Gasteiger partial charge in [-0.3, -0.25) is 4.79 Å². The van der Waals surface area contributed by atoms with E-state index in [1.807, 2.05) is 0 Å². The standard InChI is InChI=1S/C10H22N2O2/c1-7(2)4-5-8(3)12-6-9(11)10(13)14/h7-9,12H,4-6,11H2,1-3H3,(H,13,14). The van der Waals surface area contributed by atoms with Gasteiger partial charge in [-0.05, 0) is 25.7 Å². The number of aliphatic carboxylic acids is 1. The van der Waals surface area contributed by atoms with Gasteiger partial charge in [0.25, 0.3) is 0 Å². The number of hydrogen-bond donors (Lipinski definition) is 3. The SMILES string of the molecule is CC(C)CCC(C)NCC(N)C(=O)O. The van der Waals surface area contributed by atoms with E-state index in [0.717, 1.165) is 12.8 Å². The number of carboxylic acids is 1. The van der Waals surface area contributed by atoms with Crippen LogP contribution in [0.15, 0.2) is 0 Å². The first-order valence-corrected chi connectivity index (χ1v) is 5.15. The summed E-state index contributed by atoms with van der Waals surface area (Å²) in [7, 11) is 0. The molecule has 14 heavy (non-hydrogen) atoms. The molecule has 0 aromatic carbocycles. The lowest BCUT2D eigenvalue weighted by atomic mass is 10.0. The summed E-state index contributed by atoms with van der Waals surface area (Å²) < 4.78 is 0. The molecule has 0 aliphatic carbocycles. The van der Waals surface area contributed by atoms with Gasteiger partial charge in [0.2, 0.25) is 0 Å². The summed E-state index contributed by atoms with van der Waals surface area (Å²) in [4.78, 5) is 10.4. The first-order chi connectivity index (χ1) is 6.43. The summed E-state index contributed by atoms with van der Waals surface area (Å²) in [5.41, 5.74) is 5.36. The van der Waals surface area contributed by atoms with Crippen molar-refractivity contribution in [2.75, 3.05) is 6.54 Å². The number of nitrogens with one attached hydrogen (secondary N) is 1. The maximum atomic E-state index is 10.4. The monoisotopic (exact) mass is 202 g/mol. The minimum Gasteiger partial charge on any atom is -0.480 e. The van der Waals surface area contributed by atoms with Crippen molar-refractivity contribution >= 4 is 5.97 Å². The molecule has 0 aromatic rings. The number of carbonyl (C=O) groups is 1. The number of nitrogens with two attached hydrogens (primary N) is 1. The average molecular weight is 202 g/mol. The summed E-state index contributed by atoms with van der Waals surface area (Å²) in [6.45, 7) is 6.75. The molecule has 4 nitrogen and oxygen atoms in total. The van der Waals surface area contributed by atoms with E-state index < -0.39 is 12.0 Å². The molecule has 0 spiro atoms. The van der Waals surface area contributed by atoms with Crippen LogP contribution in [0.2, 0.25) is 0 Å². The van der Waals surface area contributed by atoms with Gasteiger partial charge >= 0.3 is 5.97 Å². The van der Waals surface area contributed by atoms with Gasteiger partial charge in [-0.2, -0.15) is 0 Å². The molecule has 84 valence electrons. The Morgan fingerprint density at radius 2 is 1.93 bits per heavy atom. The van der Waals surface area contributed by atoms with Crippen molar-refractivity contribution in [1.82, 2.24) is 5.32 Å². The van der Waals surface area contributed by atoms with Gasteiger partial charge in [0.15, 0.2) is 0 Å².